The molecule has 0 bridgehead atoms. The van der Waals surface area contributed by atoms with Crippen molar-refractivity contribution in [3.8, 4) is 11.1 Å². The molecule has 2 fully saturated rings. The summed E-state index contributed by atoms with van der Waals surface area (Å²) >= 11 is 0. The second kappa shape index (κ2) is 11.0. The normalized spacial score (nSPS) is 19.4. The van der Waals surface area contributed by atoms with Crippen LogP contribution in [0.5, 0.6) is 0 Å². The van der Waals surface area contributed by atoms with E-state index in [1.165, 1.54) is 19.2 Å². The third kappa shape index (κ3) is 5.03. The number of nitrogens with zero attached hydrogens (tertiary/aromatic N) is 3. The second-order valence-electron chi connectivity index (χ2n) is 10.7. The van der Waals surface area contributed by atoms with Crippen molar-refractivity contribution in [2.45, 2.75) is 57.6 Å². The molecule has 2 aromatic heterocycles. The smallest absolute Gasteiger partial charge is 0.308 e. The van der Waals surface area contributed by atoms with Gasteiger partial charge in [-0.25, -0.2) is 9.07 Å². The van der Waals surface area contributed by atoms with Crippen molar-refractivity contribution in [1.29, 1.82) is 0 Å². The minimum absolute atomic E-state index is 0.0998. The van der Waals surface area contributed by atoms with Gasteiger partial charge in [0.1, 0.15) is 5.82 Å². The minimum atomic E-state index is -0.354. The number of esters is 1. The minimum Gasteiger partial charge on any atom is -0.469 e. The second-order valence-corrected chi connectivity index (χ2v) is 10.7. The van der Waals surface area contributed by atoms with Gasteiger partial charge in [-0.15, -0.1) is 0 Å². The number of rotatable bonds is 6. The van der Waals surface area contributed by atoms with Crippen LogP contribution in [0.4, 0.5) is 4.39 Å². The number of carbonyl (C=O) groups excluding carboxylic acids is 1. The number of ether oxygens (including phenoxy) is 3. The Morgan fingerprint density at radius 3 is 2.62 bits per heavy atom. The Morgan fingerprint density at radius 2 is 1.90 bits per heavy atom. The van der Waals surface area contributed by atoms with Crippen LogP contribution < -0.4 is 0 Å². The SMILES string of the molecule is COC(=O)[C@H](C)Cc1nc(C2CCOCC2)c(-c2ccc(F)cc2)c2cc3cnn(C4CCCCO4)c3cc12. The van der Waals surface area contributed by atoms with Crippen LogP contribution in [0.25, 0.3) is 32.8 Å². The van der Waals surface area contributed by atoms with Crippen molar-refractivity contribution in [3.63, 3.8) is 0 Å². The summed E-state index contributed by atoms with van der Waals surface area (Å²) in [5, 5.41) is 7.74. The Bertz CT molecular complexity index is 1490. The van der Waals surface area contributed by atoms with E-state index in [0.717, 1.165) is 82.9 Å². The highest BCUT2D eigenvalue weighted by Gasteiger charge is 2.27. The monoisotopic (exact) mass is 531 g/mol. The van der Waals surface area contributed by atoms with Crippen LogP contribution in [-0.4, -0.2) is 47.7 Å². The molecule has 0 amide bonds. The van der Waals surface area contributed by atoms with Gasteiger partial charge in [-0.1, -0.05) is 19.1 Å². The largest absolute Gasteiger partial charge is 0.469 e. The maximum Gasteiger partial charge on any atom is 0.308 e. The lowest BCUT2D eigenvalue weighted by molar-refractivity contribution is -0.144. The van der Waals surface area contributed by atoms with Crippen LogP contribution in [0, 0.1) is 11.7 Å². The summed E-state index contributed by atoms with van der Waals surface area (Å²) in [6, 6.07) is 11.0. The Balaban J connectivity index is 1.61. The molecule has 7 nitrogen and oxygen atoms in total. The van der Waals surface area contributed by atoms with Crippen molar-refractivity contribution in [1.82, 2.24) is 14.8 Å². The number of pyridine rings is 1. The van der Waals surface area contributed by atoms with E-state index in [0.29, 0.717) is 19.6 Å². The lowest BCUT2D eigenvalue weighted by Gasteiger charge is -2.27. The average molecular weight is 532 g/mol. The number of hydrogen-bond donors (Lipinski definition) is 0. The first kappa shape index (κ1) is 25.9. The predicted octanol–water partition coefficient (Wildman–Crippen LogP) is 6.34. The Morgan fingerprint density at radius 1 is 1.10 bits per heavy atom. The van der Waals surface area contributed by atoms with Gasteiger partial charge in [0.2, 0.25) is 0 Å². The van der Waals surface area contributed by atoms with Crippen LogP contribution in [0.2, 0.25) is 0 Å². The van der Waals surface area contributed by atoms with Gasteiger partial charge in [0.05, 0.1) is 30.4 Å². The molecule has 6 rings (SSSR count). The quantitative estimate of drug-likeness (QED) is 0.271. The van der Waals surface area contributed by atoms with Crippen molar-refractivity contribution in [3.05, 3.63) is 59.8 Å². The number of hydrogen-bond acceptors (Lipinski definition) is 6. The summed E-state index contributed by atoms with van der Waals surface area (Å²) < 4.78 is 32.7. The van der Waals surface area contributed by atoms with Crippen molar-refractivity contribution in [2.75, 3.05) is 26.9 Å². The zero-order valence-corrected chi connectivity index (χ0v) is 22.5. The first-order valence-corrected chi connectivity index (χ1v) is 13.9. The van der Waals surface area contributed by atoms with Gasteiger partial charge in [0, 0.05) is 54.2 Å². The fourth-order valence-electron chi connectivity index (χ4n) is 6.00. The van der Waals surface area contributed by atoms with E-state index in [4.69, 9.17) is 24.3 Å². The summed E-state index contributed by atoms with van der Waals surface area (Å²) in [7, 11) is 1.42. The summed E-state index contributed by atoms with van der Waals surface area (Å²) in [5.41, 5.74) is 4.74. The van der Waals surface area contributed by atoms with Crippen LogP contribution >= 0.6 is 0 Å². The molecule has 2 aliphatic heterocycles. The standard InChI is InChI=1S/C31H34FN3O4/c1-19(31(36)37-2)15-26-24-17-27-22(18-33-35(27)28-5-3-4-12-39-28)16-25(24)29(20-6-8-23(32)9-7-20)30(34-26)21-10-13-38-14-11-21/h6-9,16-19,21,28H,3-5,10-15H2,1-2H3/t19-,28?/m1/s1. The first-order chi connectivity index (χ1) is 19.0. The molecule has 0 spiro atoms. The molecule has 2 aromatic carbocycles. The third-order valence-corrected chi connectivity index (χ3v) is 8.10. The Labute approximate surface area is 227 Å². The van der Waals surface area contributed by atoms with E-state index in [-0.39, 0.29) is 29.9 Å². The van der Waals surface area contributed by atoms with E-state index in [1.807, 2.05) is 29.9 Å². The lowest BCUT2D eigenvalue weighted by atomic mass is 9.85. The molecule has 39 heavy (non-hydrogen) atoms. The van der Waals surface area contributed by atoms with Crippen LogP contribution in [0.15, 0.2) is 42.6 Å². The van der Waals surface area contributed by atoms with Gasteiger partial charge in [-0.05, 0) is 67.3 Å². The summed E-state index contributed by atoms with van der Waals surface area (Å²) in [4.78, 5) is 17.8. The summed E-state index contributed by atoms with van der Waals surface area (Å²) in [5.74, 6) is -0.693. The highest BCUT2D eigenvalue weighted by atomic mass is 19.1. The fourth-order valence-corrected chi connectivity index (χ4v) is 6.00. The van der Waals surface area contributed by atoms with Crippen molar-refractivity contribution >= 4 is 27.6 Å². The van der Waals surface area contributed by atoms with Gasteiger partial charge in [0.25, 0.3) is 0 Å². The summed E-state index contributed by atoms with van der Waals surface area (Å²) in [6.45, 7) is 3.95. The van der Waals surface area contributed by atoms with Gasteiger partial charge in [-0.2, -0.15) is 5.10 Å². The van der Waals surface area contributed by atoms with Gasteiger partial charge in [-0.3, -0.25) is 9.78 Å². The zero-order chi connectivity index (χ0) is 26.9. The maximum atomic E-state index is 14.0. The Hall–Kier alpha value is -3.36. The van der Waals surface area contributed by atoms with Crippen LogP contribution in [-0.2, 0) is 25.4 Å². The molecule has 8 heteroatoms. The fraction of sp³-hybridized carbons (Fsp3) is 0.452. The average Bonchev–Trinajstić information content (AvgIpc) is 3.40. The number of halogens is 1. The number of carbonyl (C=O) groups is 1. The molecule has 204 valence electrons. The molecule has 4 aromatic rings. The molecular formula is C31H34FN3O4. The molecule has 4 heterocycles. The van der Waals surface area contributed by atoms with Gasteiger partial charge < -0.3 is 14.2 Å². The number of benzene rings is 2. The highest BCUT2D eigenvalue weighted by Crippen LogP contribution is 2.41. The van der Waals surface area contributed by atoms with E-state index in [9.17, 15) is 9.18 Å². The zero-order valence-electron chi connectivity index (χ0n) is 22.5. The lowest BCUT2D eigenvalue weighted by Crippen LogP contribution is -2.20. The van der Waals surface area contributed by atoms with E-state index in [1.54, 1.807) is 0 Å². The Kier molecular flexibility index (Phi) is 7.32. The van der Waals surface area contributed by atoms with Crippen LogP contribution in [0.3, 0.4) is 0 Å². The molecule has 1 unspecified atom stereocenters. The number of aromatic nitrogens is 3. The van der Waals surface area contributed by atoms with Crippen LogP contribution in [0.1, 0.15) is 62.6 Å². The topological polar surface area (TPSA) is 75.5 Å². The predicted molar refractivity (Wildman–Crippen MR) is 147 cm³/mol. The van der Waals surface area contributed by atoms with Crippen molar-refractivity contribution in [2.24, 2.45) is 5.92 Å². The number of methoxy groups -OCH3 is 1. The molecule has 0 N–H and O–H groups in total. The molecular weight excluding hydrogens is 497 g/mol. The van der Waals surface area contributed by atoms with E-state index >= 15 is 0 Å². The van der Waals surface area contributed by atoms with E-state index in [2.05, 4.69) is 12.1 Å². The molecule has 0 saturated carbocycles. The highest BCUT2D eigenvalue weighted by molar-refractivity contribution is 6.06. The van der Waals surface area contributed by atoms with Gasteiger partial charge in [0.15, 0.2) is 6.23 Å². The molecule has 2 atom stereocenters. The van der Waals surface area contributed by atoms with Crippen molar-refractivity contribution < 1.29 is 23.4 Å². The maximum absolute atomic E-state index is 14.0. The molecule has 0 radical (unpaired) electrons. The first-order valence-electron chi connectivity index (χ1n) is 13.9. The van der Waals surface area contributed by atoms with Gasteiger partial charge >= 0.3 is 5.97 Å². The summed E-state index contributed by atoms with van der Waals surface area (Å²) in [6.07, 6.45) is 7.05. The molecule has 0 aliphatic carbocycles. The molecule has 2 aliphatic rings. The molecule has 2 saturated heterocycles. The number of fused-ring (bicyclic) bond motifs is 2. The third-order valence-electron chi connectivity index (χ3n) is 8.10. The van der Waals surface area contributed by atoms with E-state index < -0.39 is 0 Å².